The van der Waals surface area contributed by atoms with Crippen LogP contribution in [0.2, 0.25) is 0 Å². The highest BCUT2D eigenvalue weighted by molar-refractivity contribution is 7.97. The Bertz CT molecular complexity index is 340. The van der Waals surface area contributed by atoms with Crippen LogP contribution in [0.3, 0.4) is 0 Å². The number of carbonyl (C=O) groups excluding carboxylic acids is 1. The molecule has 0 saturated carbocycles. The molecule has 1 unspecified atom stereocenters. The Morgan fingerprint density at radius 3 is 2.50 bits per heavy atom. The molecule has 0 amide bonds. The van der Waals surface area contributed by atoms with Gasteiger partial charge in [0.25, 0.3) is 0 Å². The lowest BCUT2D eigenvalue weighted by atomic mass is 10.00. The van der Waals surface area contributed by atoms with E-state index >= 15 is 0 Å². The van der Waals surface area contributed by atoms with Crippen LogP contribution in [0, 0.1) is 5.92 Å². The minimum atomic E-state index is -0.277. The van der Waals surface area contributed by atoms with Crippen molar-refractivity contribution < 1.29 is 9.53 Å². The maximum Gasteiger partial charge on any atom is 0.310 e. The number of hydrogen-bond acceptors (Lipinski definition) is 5. The molecule has 0 aliphatic rings. The van der Waals surface area contributed by atoms with Crippen molar-refractivity contribution in [2.45, 2.75) is 11.3 Å². The predicted molar refractivity (Wildman–Crippen MR) is 64.8 cm³/mol. The fourth-order valence-corrected chi connectivity index (χ4v) is 1.71. The highest BCUT2D eigenvalue weighted by Gasteiger charge is 2.17. The molecule has 0 radical (unpaired) electrons. The molecule has 4 nitrogen and oxygen atoms in total. The fraction of sp³-hybridized carbons (Fsp3) is 0.364. The lowest BCUT2D eigenvalue weighted by Crippen LogP contribution is -2.26. The van der Waals surface area contributed by atoms with Crippen LogP contribution in [0.15, 0.2) is 29.2 Å². The molecule has 5 heteroatoms. The molecule has 16 heavy (non-hydrogen) atoms. The maximum absolute atomic E-state index is 11.3. The Kier molecular flexibility index (Phi) is 5.31. The van der Waals surface area contributed by atoms with Gasteiger partial charge >= 0.3 is 5.97 Å². The molecule has 0 bridgehead atoms. The third kappa shape index (κ3) is 3.52. The molecular weight excluding hydrogens is 224 g/mol. The van der Waals surface area contributed by atoms with Crippen LogP contribution < -0.4 is 10.9 Å². The second-order valence-corrected chi connectivity index (χ2v) is 4.13. The molecule has 1 atom stereocenters. The third-order valence-electron chi connectivity index (χ3n) is 2.36. The van der Waals surface area contributed by atoms with E-state index in [2.05, 4.69) is 4.74 Å². The number of carbonyl (C=O) groups is 1. The first kappa shape index (κ1) is 13.0. The van der Waals surface area contributed by atoms with Crippen molar-refractivity contribution in [1.29, 1.82) is 0 Å². The third-order valence-corrected chi connectivity index (χ3v) is 2.90. The Morgan fingerprint density at radius 2 is 2.06 bits per heavy atom. The van der Waals surface area contributed by atoms with Gasteiger partial charge in [0.05, 0.1) is 13.0 Å². The molecule has 88 valence electrons. The normalized spacial score (nSPS) is 12.2. The molecule has 1 aromatic carbocycles. The van der Waals surface area contributed by atoms with Crippen molar-refractivity contribution in [2.75, 3.05) is 13.7 Å². The standard InChI is InChI=1S/C11H16N2O2S/c1-15-11(14)9(7-12)6-8-2-4-10(16-13)5-3-8/h2-5,9H,6-7,12-13H2,1H3. The molecule has 4 N–H and O–H groups in total. The fourth-order valence-electron chi connectivity index (χ4n) is 1.42. The predicted octanol–water partition coefficient (Wildman–Crippen LogP) is 0.943. The van der Waals surface area contributed by atoms with Gasteiger partial charge in [0.1, 0.15) is 0 Å². The smallest absolute Gasteiger partial charge is 0.310 e. The van der Waals surface area contributed by atoms with Gasteiger partial charge in [0.2, 0.25) is 0 Å². The molecule has 0 aromatic heterocycles. The van der Waals surface area contributed by atoms with Crippen LogP contribution in [0.5, 0.6) is 0 Å². The largest absolute Gasteiger partial charge is 0.469 e. The number of rotatable bonds is 5. The summed E-state index contributed by atoms with van der Waals surface area (Å²) in [5.74, 6) is -0.541. The molecule has 0 aliphatic heterocycles. The van der Waals surface area contributed by atoms with Crippen molar-refractivity contribution >= 4 is 17.9 Å². The molecule has 0 fully saturated rings. The molecule has 1 rings (SSSR count). The van der Waals surface area contributed by atoms with Crippen molar-refractivity contribution in [3.63, 3.8) is 0 Å². The lowest BCUT2D eigenvalue weighted by molar-refractivity contribution is -0.145. The Hall–Kier alpha value is -1.04. The molecule has 0 saturated heterocycles. The van der Waals surface area contributed by atoms with Gasteiger partial charge < -0.3 is 10.5 Å². The monoisotopic (exact) mass is 240 g/mol. The number of hydrogen-bond donors (Lipinski definition) is 2. The Labute approximate surface area is 99.5 Å². The first-order chi connectivity index (χ1) is 7.71. The van der Waals surface area contributed by atoms with Gasteiger partial charge in [-0.15, -0.1) is 0 Å². The van der Waals surface area contributed by atoms with E-state index in [1.54, 1.807) is 0 Å². The average Bonchev–Trinajstić information content (AvgIpc) is 2.35. The molecule has 1 aromatic rings. The van der Waals surface area contributed by atoms with E-state index < -0.39 is 0 Å². The molecule has 0 spiro atoms. The zero-order valence-corrected chi connectivity index (χ0v) is 10.00. The van der Waals surface area contributed by atoms with E-state index in [1.165, 1.54) is 19.1 Å². The zero-order valence-electron chi connectivity index (χ0n) is 9.18. The summed E-state index contributed by atoms with van der Waals surface area (Å²) in [6.45, 7) is 0.292. The van der Waals surface area contributed by atoms with Gasteiger partial charge in [0, 0.05) is 11.4 Å². The van der Waals surface area contributed by atoms with Gasteiger partial charge in [-0.3, -0.25) is 9.93 Å². The van der Waals surface area contributed by atoms with E-state index in [0.717, 1.165) is 10.5 Å². The minimum Gasteiger partial charge on any atom is -0.469 e. The quantitative estimate of drug-likeness (QED) is 0.591. The molecular formula is C11H16N2O2S. The minimum absolute atomic E-state index is 0.264. The summed E-state index contributed by atoms with van der Waals surface area (Å²) < 4.78 is 4.68. The number of ether oxygens (including phenoxy) is 1. The highest BCUT2D eigenvalue weighted by atomic mass is 32.2. The van der Waals surface area contributed by atoms with Gasteiger partial charge in [-0.25, -0.2) is 0 Å². The van der Waals surface area contributed by atoms with Gasteiger partial charge in [-0.05, 0) is 36.1 Å². The topological polar surface area (TPSA) is 78.3 Å². The van der Waals surface area contributed by atoms with Crippen LogP contribution in [0.4, 0.5) is 0 Å². The second kappa shape index (κ2) is 6.52. The Morgan fingerprint density at radius 1 is 1.44 bits per heavy atom. The summed E-state index contributed by atoms with van der Waals surface area (Å²) in [7, 11) is 1.37. The summed E-state index contributed by atoms with van der Waals surface area (Å²) in [6.07, 6.45) is 0.596. The van der Waals surface area contributed by atoms with Crippen molar-refractivity contribution in [2.24, 2.45) is 16.8 Å². The number of methoxy groups -OCH3 is 1. The summed E-state index contributed by atoms with van der Waals surface area (Å²) in [4.78, 5) is 12.3. The number of esters is 1. The maximum atomic E-state index is 11.3. The first-order valence-electron chi connectivity index (χ1n) is 4.94. The SMILES string of the molecule is COC(=O)C(CN)Cc1ccc(SN)cc1. The van der Waals surface area contributed by atoms with Gasteiger partial charge in [0.15, 0.2) is 0 Å². The van der Waals surface area contributed by atoms with Crippen LogP contribution in [0.25, 0.3) is 0 Å². The van der Waals surface area contributed by atoms with Crippen LogP contribution in [0.1, 0.15) is 5.56 Å². The van der Waals surface area contributed by atoms with Gasteiger partial charge in [-0.1, -0.05) is 12.1 Å². The molecule has 0 heterocycles. The molecule has 0 aliphatic carbocycles. The van der Waals surface area contributed by atoms with E-state index in [0.29, 0.717) is 13.0 Å². The van der Waals surface area contributed by atoms with Crippen LogP contribution in [-0.4, -0.2) is 19.6 Å². The zero-order chi connectivity index (χ0) is 12.0. The van der Waals surface area contributed by atoms with E-state index in [4.69, 9.17) is 10.9 Å². The van der Waals surface area contributed by atoms with E-state index in [-0.39, 0.29) is 11.9 Å². The second-order valence-electron chi connectivity index (χ2n) is 3.42. The summed E-state index contributed by atoms with van der Waals surface area (Å²) in [5, 5.41) is 5.42. The van der Waals surface area contributed by atoms with Crippen LogP contribution in [-0.2, 0) is 16.0 Å². The van der Waals surface area contributed by atoms with Gasteiger partial charge in [-0.2, -0.15) is 0 Å². The Balaban J connectivity index is 2.66. The van der Waals surface area contributed by atoms with Crippen LogP contribution >= 0.6 is 11.9 Å². The number of benzene rings is 1. The van der Waals surface area contributed by atoms with E-state index in [1.807, 2.05) is 24.3 Å². The number of nitrogens with two attached hydrogens (primary N) is 2. The summed E-state index contributed by atoms with van der Waals surface area (Å²) in [6, 6.07) is 7.73. The van der Waals surface area contributed by atoms with Crippen molar-refractivity contribution in [3.05, 3.63) is 29.8 Å². The van der Waals surface area contributed by atoms with Crippen molar-refractivity contribution in [1.82, 2.24) is 0 Å². The average molecular weight is 240 g/mol. The highest BCUT2D eigenvalue weighted by Crippen LogP contribution is 2.15. The summed E-state index contributed by atoms with van der Waals surface area (Å²) in [5.41, 5.74) is 6.58. The summed E-state index contributed by atoms with van der Waals surface area (Å²) >= 11 is 1.20. The first-order valence-corrected chi connectivity index (χ1v) is 5.82. The van der Waals surface area contributed by atoms with E-state index in [9.17, 15) is 4.79 Å². The lowest BCUT2D eigenvalue weighted by Gasteiger charge is -2.12. The van der Waals surface area contributed by atoms with Crippen molar-refractivity contribution in [3.8, 4) is 0 Å².